The second kappa shape index (κ2) is 9.11. The van der Waals surface area contributed by atoms with Crippen LogP contribution in [0.15, 0.2) is 29.3 Å². The third-order valence-electron chi connectivity index (χ3n) is 4.30. The fraction of sp³-hybridized carbons (Fsp3) is 0.263. The fourth-order valence-corrected chi connectivity index (χ4v) is 3.38. The molecule has 1 aliphatic rings. The first-order valence-electron chi connectivity index (χ1n) is 8.74. The van der Waals surface area contributed by atoms with Crippen molar-refractivity contribution in [2.45, 2.75) is 23.8 Å². The van der Waals surface area contributed by atoms with Crippen LogP contribution in [0, 0.1) is 21.4 Å². The molecule has 1 N–H and O–H groups in total. The smallest absolute Gasteiger partial charge is 0.340 e. The molecule has 11 heteroatoms. The first-order chi connectivity index (χ1) is 14.3. The van der Waals surface area contributed by atoms with Crippen LogP contribution in [0.1, 0.15) is 40.4 Å². The molecule has 1 saturated carbocycles. The number of nitrogens with one attached hydrogen (secondary N) is 1. The van der Waals surface area contributed by atoms with E-state index in [2.05, 4.69) is 10.3 Å². The molecule has 0 atom stereocenters. The maximum Gasteiger partial charge on any atom is 0.340 e. The van der Waals surface area contributed by atoms with E-state index >= 15 is 0 Å². The fourth-order valence-electron chi connectivity index (χ4n) is 2.66. The van der Waals surface area contributed by atoms with E-state index < -0.39 is 23.4 Å². The van der Waals surface area contributed by atoms with Crippen molar-refractivity contribution in [3.05, 3.63) is 56.2 Å². The van der Waals surface area contributed by atoms with Crippen molar-refractivity contribution in [2.24, 2.45) is 0 Å². The molecular formula is C19H15ClN4O5S. The monoisotopic (exact) mass is 446 g/mol. The van der Waals surface area contributed by atoms with Gasteiger partial charge in [-0.3, -0.25) is 14.9 Å². The minimum absolute atomic E-state index is 0.0224. The Morgan fingerprint density at radius 1 is 1.43 bits per heavy atom. The number of nitrogens with zero attached hydrogens (tertiary/aromatic N) is 3. The number of benzene rings is 1. The number of hydrogen-bond donors (Lipinski definition) is 1. The Bertz CT molecular complexity index is 1080. The predicted octanol–water partition coefficient (Wildman–Crippen LogP) is 3.91. The highest BCUT2D eigenvalue weighted by Gasteiger charge is 2.29. The normalized spacial score (nSPS) is 12.7. The SMILES string of the molecule is CSc1nc(C2CC2)cc(C(=O)OCC(=O)Nc2cc([N+](=O)[O-])ccc2Cl)c1C#N. The molecule has 154 valence electrons. The Hall–Kier alpha value is -3.16. The van der Waals surface area contributed by atoms with Crippen LogP contribution < -0.4 is 5.32 Å². The lowest BCUT2D eigenvalue weighted by Crippen LogP contribution is -2.22. The molecule has 30 heavy (non-hydrogen) atoms. The number of amides is 1. The molecule has 1 amide bonds. The summed E-state index contributed by atoms with van der Waals surface area (Å²) in [4.78, 5) is 39.4. The lowest BCUT2D eigenvalue weighted by Gasteiger charge is -2.11. The van der Waals surface area contributed by atoms with E-state index in [0.717, 1.165) is 24.6 Å². The zero-order chi connectivity index (χ0) is 21.8. The summed E-state index contributed by atoms with van der Waals surface area (Å²) in [6, 6.07) is 7.08. The van der Waals surface area contributed by atoms with Gasteiger partial charge in [0, 0.05) is 23.7 Å². The van der Waals surface area contributed by atoms with E-state index in [1.807, 2.05) is 6.07 Å². The molecule has 0 aliphatic heterocycles. The molecule has 2 aromatic rings. The topological polar surface area (TPSA) is 135 Å². The van der Waals surface area contributed by atoms with Crippen LogP contribution in [0.2, 0.25) is 5.02 Å². The van der Waals surface area contributed by atoms with Gasteiger partial charge in [0.1, 0.15) is 11.1 Å². The van der Waals surface area contributed by atoms with Crippen LogP contribution in [-0.2, 0) is 9.53 Å². The van der Waals surface area contributed by atoms with Crippen molar-refractivity contribution < 1.29 is 19.2 Å². The number of rotatable bonds is 7. The number of ether oxygens (including phenoxy) is 1. The van der Waals surface area contributed by atoms with E-state index in [1.165, 1.54) is 30.0 Å². The van der Waals surface area contributed by atoms with Gasteiger partial charge in [-0.05, 0) is 31.2 Å². The van der Waals surface area contributed by atoms with Crippen molar-refractivity contribution in [3.63, 3.8) is 0 Å². The minimum atomic E-state index is -0.827. The number of thioether (sulfide) groups is 1. The zero-order valence-corrected chi connectivity index (χ0v) is 17.2. The highest BCUT2D eigenvalue weighted by molar-refractivity contribution is 7.98. The van der Waals surface area contributed by atoms with Crippen molar-refractivity contribution in [1.29, 1.82) is 5.26 Å². The molecule has 1 fully saturated rings. The van der Waals surface area contributed by atoms with E-state index in [1.54, 1.807) is 6.26 Å². The average molecular weight is 447 g/mol. The molecule has 0 bridgehead atoms. The summed E-state index contributed by atoms with van der Waals surface area (Å²) in [5.41, 5.74) is 0.644. The molecule has 3 rings (SSSR count). The number of non-ortho nitro benzene ring substituents is 1. The highest BCUT2D eigenvalue weighted by atomic mass is 35.5. The molecule has 0 radical (unpaired) electrons. The van der Waals surface area contributed by atoms with Crippen molar-refractivity contribution in [3.8, 4) is 6.07 Å². The maximum absolute atomic E-state index is 12.5. The van der Waals surface area contributed by atoms with Crippen molar-refractivity contribution in [1.82, 2.24) is 4.98 Å². The van der Waals surface area contributed by atoms with E-state index in [9.17, 15) is 25.0 Å². The van der Waals surface area contributed by atoms with Crippen LogP contribution in [0.25, 0.3) is 0 Å². The van der Waals surface area contributed by atoms with Crippen LogP contribution in [-0.4, -0.2) is 34.6 Å². The van der Waals surface area contributed by atoms with Gasteiger partial charge in [-0.15, -0.1) is 11.8 Å². The van der Waals surface area contributed by atoms with Crippen LogP contribution >= 0.6 is 23.4 Å². The summed E-state index contributed by atoms with van der Waals surface area (Å²) in [5.74, 6) is -1.30. The molecule has 1 aromatic heterocycles. The van der Waals surface area contributed by atoms with Gasteiger partial charge in [-0.25, -0.2) is 9.78 Å². The molecular weight excluding hydrogens is 432 g/mol. The number of carbonyl (C=O) groups is 2. The number of anilines is 1. The number of aromatic nitrogens is 1. The standard InChI is InChI=1S/C19H15ClN4O5S/c1-30-18-13(8-21)12(7-15(23-18)10-2-3-10)19(26)29-9-17(25)22-16-6-11(24(27)28)4-5-14(16)20/h4-7,10H,2-3,9H2,1H3,(H,22,25). The Labute approximate surface area is 180 Å². The van der Waals surface area contributed by atoms with Crippen LogP contribution in [0.5, 0.6) is 0 Å². The quantitative estimate of drug-likeness (QED) is 0.292. The van der Waals surface area contributed by atoms with Gasteiger partial charge in [0.05, 0.1) is 26.8 Å². The number of nitriles is 1. The first kappa shape index (κ1) is 21.5. The van der Waals surface area contributed by atoms with Gasteiger partial charge in [0.25, 0.3) is 11.6 Å². The molecule has 0 unspecified atom stereocenters. The van der Waals surface area contributed by atoms with E-state index in [4.69, 9.17) is 16.3 Å². The van der Waals surface area contributed by atoms with Gasteiger partial charge in [-0.1, -0.05) is 11.6 Å². The Morgan fingerprint density at radius 2 is 2.17 bits per heavy atom. The van der Waals surface area contributed by atoms with Gasteiger partial charge >= 0.3 is 5.97 Å². The second-order valence-electron chi connectivity index (χ2n) is 6.41. The minimum Gasteiger partial charge on any atom is -0.452 e. The average Bonchev–Trinajstić information content (AvgIpc) is 3.57. The number of halogens is 1. The van der Waals surface area contributed by atoms with Crippen molar-refractivity contribution in [2.75, 3.05) is 18.2 Å². The summed E-state index contributed by atoms with van der Waals surface area (Å²) in [7, 11) is 0. The number of pyridine rings is 1. The summed E-state index contributed by atoms with van der Waals surface area (Å²) in [5, 5.41) is 23.2. The number of nitro benzene ring substituents is 1. The lowest BCUT2D eigenvalue weighted by molar-refractivity contribution is -0.384. The largest absolute Gasteiger partial charge is 0.452 e. The third-order valence-corrected chi connectivity index (χ3v) is 5.31. The molecule has 1 aliphatic carbocycles. The van der Waals surface area contributed by atoms with Gasteiger partial charge in [-0.2, -0.15) is 5.26 Å². The molecule has 1 heterocycles. The summed E-state index contributed by atoms with van der Waals surface area (Å²) >= 11 is 7.19. The maximum atomic E-state index is 12.5. The second-order valence-corrected chi connectivity index (χ2v) is 7.61. The molecule has 9 nitrogen and oxygen atoms in total. The summed E-state index contributed by atoms with van der Waals surface area (Å²) in [6.07, 6.45) is 3.69. The van der Waals surface area contributed by atoms with Gasteiger partial charge in [0.15, 0.2) is 6.61 Å². The number of esters is 1. The third kappa shape index (κ3) is 4.87. The van der Waals surface area contributed by atoms with Crippen LogP contribution in [0.4, 0.5) is 11.4 Å². The number of nitro groups is 1. The van der Waals surface area contributed by atoms with Crippen LogP contribution in [0.3, 0.4) is 0 Å². The first-order valence-corrected chi connectivity index (χ1v) is 10.3. The summed E-state index contributed by atoms with van der Waals surface area (Å²) < 4.78 is 5.06. The Balaban J connectivity index is 1.72. The van der Waals surface area contributed by atoms with E-state index in [-0.39, 0.29) is 33.4 Å². The number of hydrogen-bond acceptors (Lipinski definition) is 8. The Kier molecular flexibility index (Phi) is 6.54. The molecule has 0 saturated heterocycles. The van der Waals surface area contributed by atoms with Gasteiger partial charge < -0.3 is 10.1 Å². The Morgan fingerprint density at radius 3 is 2.77 bits per heavy atom. The van der Waals surface area contributed by atoms with Crippen molar-refractivity contribution >= 4 is 46.6 Å². The lowest BCUT2D eigenvalue weighted by atomic mass is 10.1. The zero-order valence-electron chi connectivity index (χ0n) is 15.7. The predicted molar refractivity (Wildman–Crippen MR) is 110 cm³/mol. The highest BCUT2D eigenvalue weighted by Crippen LogP contribution is 2.40. The van der Waals surface area contributed by atoms with E-state index in [0.29, 0.717) is 5.03 Å². The molecule has 0 spiro atoms. The number of carbonyl (C=O) groups excluding carboxylic acids is 2. The summed E-state index contributed by atoms with van der Waals surface area (Å²) in [6.45, 7) is -0.654. The molecule has 1 aromatic carbocycles. The van der Waals surface area contributed by atoms with Gasteiger partial charge in [0.2, 0.25) is 0 Å².